The Hall–Kier alpha value is -1.45. The van der Waals surface area contributed by atoms with Gasteiger partial charge in [-0.05, 0) is 25.7 Å². The molecule has 106 valence electrons. The van der Waals surface area contributed by atoms with Crippen LogP contribution in [-0.4, -0.2) is 15.9 Å². The normalized spacial score (nSPS) is 10.6. The molecular weight excluding hydrogens is 238 g/mol. The number of aromatic nitrogens is 2. The van der Waals surface area contributed by atoms with E-state index in [-0.39, 0.29) is 5.69 Å². The highest BCUT2D eigenvalue weighted by Crippen LogP contribution is 2.12. The average Bonchev–Trinajstić information content (AvgIpc) is 2.40. The summed E-state index contributed by atoms with van der Waals surface area (Å²) in [7, 11) is 0. The molecule has 0 atom stereocenters. The van der Waals surface area contributed by atoms with Crippen molar-refractivity contribution in [3.63, 3.8) is 0 Å². The van der Waals surface area contributed by atoms with Crippen LogP contribution < -0.4 is 5.73 Å². The third kappa shape index (κ3) is 5.37. The molecule has 1 aromatic rings. The Morgan fingerprint density at radius 1 is 1.05 bits per heavy atom. The zero-order valence-electron chi connectivity index (χ0n) is 12.1. The van der Waals surface area contributed by atoms with Crippen LogP contribution in [0.3, 0.4) is 0 Å². The Morgan fingerprint density at radius 3 is 2.16 bits per heavy atom. The average molecular weight is 263 g/mol. The Kier molecular flexibility index (Phi) is 7.08. The molecule has 2 N–H and O–H groups in total. The third-order valence-electron chi connectivity index (χ3n) is 3.22. The van der Waals surface area contributed by atoms with Gasteiger partial charge >= 0.3 is 0 Å². The van der Waals surface area contributed by atoms with Gasteiger partial charge in [-0.1, -0.05) is 39.5 Å². The van der Waals surface area contributed by atoms with E-state index >= 15 is 0 Å². The van der Waals surface area contributed by atoms with Crippen LogP contribution in [0, 0.1) is 0 Å². The number of carbonyl (C=O) groups is 1. The third-order valence-corrected chi connectivity index (χ3v) is 3.22. The first-order valence-electron chi connectivity index (χ1n) is 7.33. The van der Waals surface area contributed by atoms with Gasteiger partial charge < -0.3 is 5.73 Å². The van der Waals surface area contributed by atoms with Crippen LogP contribution in [0.4, 0.5) is 0 Å². The number of unbranched alkanes of at least 4 members (excludes halogenated alkanes) is 4. The van der Waals surface area contributed by atoms with Gasteiger partial charge in [0.15, 0.2) is 0 Å². The van der Waals surface area contributed by atoms with E-state index in [2.05, 4.69) is 23.8 Å². The lowest BCUT2D eigenvalue weighted by Gasteiger charge is -2.08. The number of rotatable bonds is 9. The second-order valence-corrected chi connectivity index (χ2v) is 4.93. The van der Waals surface area contributed by atoms with E-state index in [0.29, 0.717) is 0 Å². The van der Waals surface area contributed by atoms with Gasteiger partial charge in [0.1, 0.15) is 5.69 Å². The molecule has 0 aromatic carbocycles. The summed E-state index contributed by atoms with van der Waals surface area (Å²) < 4.78 is 0. The molecule has 19 heavy (non-hydrogen) atoms. The van der Waals surface area contributed by atoms with Crippen molar-refractivity contribution >= 4 is 5.91 Å². The van der Waals surface area contributed by atoms with Crippen LogP contribution in [0.5, 0.6) is 0 Å². The van der Waals surface area contributed by atoms with E-state index in [0.717, 1.165) is 37.1 Å². The van der Waals surface area contributed by atoms with Gasteiger partial charge in [-0.25, -0.2) is 4.98 Å². The molecule has 0 saturated heterocycles. The molecule has 4 nitrogen and oxygen atoms in total. The highest BCUT2D eigenvalue weighted by molar-refractivity contribution is 5.90. The molecular formula is C15H25N3O. The molecule has 0 spiro atoms. The molecule has 1 heterocycles. The number of hydrogen-bond acceptors (Lipinski definition) is 3. The van der Waals surface area contributed by atoms with E-state index in [1.54, 1.807) is 0 Å². The van der Waals surface area contributed by atoms with Gasteiger partial charge in [0, 0.05) is 0 Å². The first kappa shape index (κ1) is 15.6. The Balaban J connectivity index is 2.78. The maximum atomic E-state index is 11.2. The minimum atomic E-state index is -0.496. The van der Waals surface area contributed by atoms with E-state index in [9.17, 15) is 4.79 Å². The summed E-state index contributed by atoms with van der Waals surface area (Å²) in [6.07, 6.45) is 10.3. The predicted octanol–water partition coefficient (Wildman–Crippen LogP) is 3.04. The Labute approximate surface area is 115 Å². The van der Waals surface area contributed by atoms with Crippen LogP contribution in [0.15, 0.2) is 6.20 Å². The molecule has 1 amide bonds. The maximum Gasteiger partial charge on any atom is 0.268 e. The minimum absolute atomic E-state index is 0.283. The van der Waals surface area contributed by atoms with Crippen molar-refractivity contribution in [1.29, 1.82) is 0 Å². The summed E-state index contributed by atoms with van der Waals surface area (Å²) in [5.74, 6) is -0.496. The molecule has 4 heteroatoms. The molecule has 0 radical (unpaired) electrons. The molecule has 0 fully saturated rings. The van der Waals surface area contributed by atoms with Crippen molar-refractivity contribution < 1.29 is 4.79 Å². The van der Waals surface area contributed by atoms with Crippen LogP contribution >= 0.6 is 0 Å². The summed E-state index contributed by atoms with van der Waals surface area (Å²) in [4.78, 5) is 19.9. The van der Waals surface area contributed by atoms with Crippen molar-refractivity contribution in [2.24, 2.45) is 5.73 Å². The molecule has 0 saturated carbocycles. The topological polar surface area (TPSA) is 68.9 Å². The van der Waals surface area contributed by atoms with Crippen LogP contribution in [0.25, 0.3) is 0 Å². The molecule has 0 aliphatic carbocycles. The van der Waals surface area contributed by atoms with Crippen LogP contribution in [-0.2, 0) is 12.8 Å². The summed E-state index contributed by atoms with van der Waals surface area (Å²) in [5, 5.41) is 0. The fraction of sp³-hybridized carbons (Fsp3) is 0.667. The fourth-order valence-electron chi connectivity index (χ4n) is 2.07. The second kappa shape index (κ2) is 8.62. The van der Waals surface area contributed by atoms with E-state index in [4.69, 9.17) is 5.73 Å². The van der Waals surface area contributed by atoms with Crippen molar-refractivity contribution in [1.82, 2.24) is 9.97 Å². The van der Waals surface area contributed by atoms with Crippen LogP contribution in [0.2, 0.25) is 0 Å². The van der Waals surface area contributed by atoms with E-state index in [1.807, 2.05) is 0 Å². The number of carbonyl (C=O) groups excluding carboxylic acids is 1. The predicted molar refractivity (Wildman–Crippen MR) is 77.0 cm³/mol. The smallest absolute Gasteiger partial charge is 0.268 e. The lowest BCUT2D eigenvalue weighted by atomic mass is 10.1. The van der Waals surface area contributed by atoms with Crippen molar-refractivity contribution in [2.45, 2.75) is 65.2 Å². The lowest BCUT2D eigenvalue weighted by Crippen LogP contribution is -2.16. The molecule has 0 bridgehead atoms. The number of aryl methyl sites for hydroxylation is 2. The van der Waals surface area contributed by atoms with E-state index < -0.39 is 5.91 Å². The molecule has 0 aliphatic heterocycles. The van der Waals surface area contributed by atoms with Gasteiger partial charge in [0.25, 0.3) is 5.91 Å². The highest BCUT2D eigenvalue weighted by Gasteiger charge is 2.10. The van der Waals surface area contributed by atoms with Gasteiger partial charge in [-0.3, -0.25) is 9.78 Å². The molecule has 1 rings (SSSR count). The monoisotopic (exact) mass is 263 g/mol. The number of hydrogen-bond donors (Lipinski definition) is 1. The van der Waals surface area contributed by atoms with Crippen LogP contribution in [0.1, 0.15) is 74.2 Å². The zero-order valence-corrected chi connectivity index (χ0v) is 12.1. The zero-order chi connectivity index (χ0) is 14.1. The van der Waals surface area contributed by atoms with Gasteiger partial charge in [0.05, 0.1) is 17.6 Å². The SMILES string of the molecule is CCCCCc1ncc(C(N)=O)nc1CCCCC. The van der Waals surface area contributed by atoms with E-state index in [1.165, 1.54) is 31.9 Å². The van der Waals surface area contributed by atoms with Crippen molar-refractivity contribution in [3.05, 3.63) is 23.3 Å². The Morgan fingerprint density at radius 2 is 1.63 bits per heavy atom. The summed E-state index contributed by atoms with van der Waals surface area (Å²) in [5.41, 5.74) is 7.55. The molecule has 0 unspecified atom stereocenters. The summed E-state index contributed by atoms with van der Waals surface area (Å²) in [6.45, 7) is 4.36. The minimum Gasteiger partial charge on any atom is -0.364 e. The van der Waals surface area contributed by atoms with Gasteiger partial charge in [0.2, 0.25) is 0 Å². The van der Waals surface area contributed by atoms with Gasteiger partial charge in [-0.2, -0.15) is 0 Å². The first-order chi connectivity index (χ1) is 9.19. The molecule has 0 aliphatic rings. The Bertz CT molecular complexity index is 404. The molecule has 1 aromatic heterocycles. The standard InChI is InChI=1S/C15H25N3O/c1-3-5-7-9-12-13(10-8-6-4-2)18-14(11-17-12)15(16)19/h11H,3-10H2,1-2H3,(H2,16,19). The first-order valence-corrected chi connectivity index (χ1v) is 7.33. The summed E-state index contributed by atoms with van der Waals surface area (Å²) in [6, 6.07) is 0. The number of amides is 1. The highest BCUT2D eigenvalue weighted by atomic mass is 16.1. The number of nitrogens with zero attached hydrogens (tertiary/aromatic N) is 2. The van der Waals surface area contributed by atoms with Crippen molar-refractivity contribution in [3.8, 4) is 0 Å². The number of nitrogens with two attached hydrogens (primary N) is 1. The fourth-order valence-corrected chi connectivity index (χ4v) is 2.07. The lowest BCUT2D eigenvalue weighted by molar-refractivity contribution is 0.0995. The van der Waals surface area contributed by atoms with Gasteiger partial charge in [-0.15, -0.1) is 0 Å². The largest absolute Gasteiger partial charge is 0.364 e. The van der Waals surface area contributed by atoms with Crippen molar-refractivity contribution in [2.75, 3.05) is 0 Å². The number of primary amides is 1. The quantitative estimate of drug-likeness (QED) is 0.696. The summed E-state index contributed by atoms with van der Waals surface area (Å²) >= 11 is 0. The second-order valence-electron chi connectivity index (χ2n) is 4.93. The maximum absolute atomic E-state index is 11.2.